The molecule has 0 aliphatic heterocycles. The molecule has 21 heavy (non-hydrogen) atoms. The van der Waals surface area contributed by atoms with Crippen LogP contribution in [0.2, 0.25) is 0 Å². The van der Waals surface area contributed by atoms with Crippen LogP contribution in [0.3, 0.4) is 0 Å². The SMILES string of the molecule is CCc1nnc(C)cc1C(O)c1cc(OC)cc(OC)c1. The van der Waals surface area contributed by atoms with Crippen LogP contribution in [0.15, 0.2) is 24.3 Å². The molecule has 2 rings (SSSR count). The van der Waals surface area contributed by atoms with E-state index in [0.29, 0.717) is 23.5 Å². The van der Waals surface area contributed by atoms with E-state index in [1.54, 1.807) is 32.4 Å². The lowest BCUT2D eigenvalue weighted by Crippen LogP contribution is -2.08. The highest BCUT2D eigenvalue weighted by Crippen LogP contribution is 2.31. The summed E-state index contributed by atoms with van der Waals surface area (Å²) in [6.45, 7) is 3.84. The number of aryl methyl sites for hydroxylation is 2. The number of benzene rings is 1. The van der Waals surface area contributed by atoms with Crippen molar-refractivity contribution in [1.29, 1.82) is 0 Å². The minimum atomic E-state index is -0.793. The van der Waals surface area contributed by atoms with Gasteiger partial charge in [0.25, 0.3) is 0 Å². The molecule has 0 saturated heterocycles. The van der Waals surface area contributed by atoms with E-state index in [1.807, 2.05) is 19.9 Å². The number of aromatic nitrogens is 2. The minimum absolute atomic E-state index is 0.639. The standard InChI is InChI=1S/C16H20N2O3/c1-5-15-14(6-10(2)17-18-15)16(19)11-7-12(20-3)9-13(8-11)21-4/h6-9,16,19H,5H2,1-4H3. The molecule has 1 heterocycles. The van der Waals surface area contributed by atoms with Crippen LogP contribution in [0.5, 0.6) is 11.5 Å². The van der Waals surface area contributed by atoms with Crippen molar-refractivity contribution >= 4 is 0 Å². The van der Waals surface area contributed by atoms with E-state index in [4.69, 9.17) is 9.47 Å². The van der Waals surface area contributed by atoms with E-state index in [9.17, 15) is 5.11 Å². The van der Waals surface area contributed by atoms with Gasteiger partial charge in [-0.3, -0.25) is 0 Å². The summed E-state index contributed by atoms with van der Waals surface area (Å²) in [5.74, 6) is 1.28. The number of aliphatic hydroxyl groups is 1. The third kappa shape index (κ3) is 3.31. The zero-order chi connectivity index (χ0) is 15.4. The summed E-state index contributed by atoms with van der Waals surface area (Å²) >= 11 is 0. The number of hydrogen-bond donors (Lipinski definition) is 1. The van der Waals surface area contributed by atoms with Gasteiger partial charge in [-0.05, 0) is 37.1 Å². The Morgan fingerprint density at radius 1 is 1.05 bits per heavy atom. The Hall–Kier alpha value is -2.14. The highest BCUT2D eigenvalue weighted by Gasteiger charge is 2.17. The van der Waals surface area contributed by atoms with Crippen LogP contribution in [0.1, 0.15) is 35.5 Å². The Labute approximate surface area is 124 Å². The Morgan fingerprint density at radius 2 is 1.67 bits per heavy atom. The fraction of sp³-hybridized carbons (Fsp3) is 0.375. The second-order valence-corrected chi connectivity index (χ2v) is 4.79. The topological polar surface area (TPSA) is 64.5 Å². The van der Waals surface area contributed by atoms with Crippen LogP contribution in [0.4, 0.5) is 0 Å². The largest absolute Gasteiger partial charge is 0.497 e. The molecule has 5 nitrogen and oxygen atoms in total. The van der Waals surface area contributed by atoms with E-state index in [-0.39, 0.29) is 0 Å². The van der Waals surface area contributed by atoms with Gasteiger partial charge < -0.3 is 14.6 Å². The van der Waals surface area contributed by atoms with Gasteiger partial charge in [0.2, 0.25) is 0 Å². The first-order valence-corrected chi connectivity index (χ1v) is 6.83. The fourth-order valence-electron chi connectivity index (χ4n) is 2.21. The monoisotopic (exact) mass is 288 g/mol. The predicted molar refractivity (Wildman–Crippen MR) is 79.8 cm³/mol. The van der Waals surface area contributed by atoms with E-state index < -0.39 is 6.10 Å². The van der Waals surface area contributed by atoms with Crippen LogP contribution >= 0.6 is 0 Å². The Bertz CT molecular complexity index is 607. The summed E-state index contributed by atoms with van der Waals surface area (Å²) in [5.41, 5.74) is 3.03. The number of ether oxygens (including phenoxy) is 2. The summed E-state index contributed by atoms with van der Waals surface area (Å²) in [4.78, 5) is 0. The third-order valence-corrected chi connectivity index (χ3v) is 3.35. The molecule has 1 aromatic carbocycles. The average molecular weight is 288 g/mol. The Kier molecular flexibility index (Phi) is 4.75. The Morgan fingerprint density at radius 3 is 2.19 bits per heavy atom. The second-order valence-electron chi connectivity index (χ2n) is 4.79. The lowest BCUT2D eigenvalue weighted by molar-refractivity contribution is 0.217. The molecule has 0 amide bonds. The number of hydrogen-bond acceptors (Lipinski definition) is 5. The summed E-state index contributed by atoms with van der Waals surface area (Å²) < 4.78 is 10.5. The van der Waals surface area contributed by atoms with Crippen LogP contribution in [-0.4, -0.2) is 29.5 Å². The maximum absolute atomic E-state index is 10.7. The molecular weight excluding hydrogens is 268 g/mol. The number of nitrogens with zero attached hydrogens (tertiary/aromatic N) is 2. The highest BCUT2D eigenvalue weighted by molar-refractivity contribution is 5.43. The van der Waals surface area contributed by atoms with Crippen molar-refractivity contribution in [3.63, 3.8) is 0 Å². The van der Waals surface area contributed by atoms with E-state index >= 15 is 0 Å². The van der Waals surface area contributed by atoms with Crippen molar-refractivity contribution in [2.45, 2.75) is 26.4 Å². The summed E-state index contributed by atoms with van der Waals surface area (Å²) in [7, 11) is 3.17. The van der Waals surface area contributed by atoms with E-state index in [1.165, 1.54) is 0 Å². The molecule has 0 radical (unpaired) electrons. The maximum Gasteiger partial charge on any atom is 0.122 e. The normalized spacial score (nSPS) is 12.0. The summed E-state index contributed by atoms with van der Waals surface area (Å²) in [5, 5.41) is 18.9. The number of methoxy groups -OCH3 is 2. The van der Waals surface area contributed by atoms with Gasteiger partial charge in [0, 0.05) is 11.6 Å². The van der Waals surface area contributed by atoms with Crippen LogP contribution in [0.25, 0.3) is 0 Å². The molecule has 0 spiro atoms. The maximum atomic E-state index is 10.7. The van der Waals surface area contributed by atoms with Crippen molar-refractivity contribution < 1.29 is 14.6 Å². The molecule has 1 unspecified atom stereocenters. The molecule has 0 fully saturated rings. The summed E-state index contributed by atoms with van der Waals surface area (Å²) in [6.07, 6.45) is -0.0843. The molecule has 0 aliphatic carbocycles. The first-order valence-electron chi connectivity index (χ1n) is 6.83. The van der Waals surface area contributed by atoms with Crippen molar-refractivity contribution in [2.24, 2.45) is 0 Å². The lowest BCUT2D eigenvalue weighted by atomic mass is 9.98. The zero-order valence-electron chi connectivity index (χ0n) is 12.8. The van der Waals surface area contributed by atoms with Crippen molar-refractivity contribution in [3.8, 4) is 11.5 Å². The molecular formula is C16H20N2O3. The van der Waals surface area contributed by atoms with Crippen molar-refractivity contribution in [3.05, 3.63) is 46.8 Å². The third-order valence-electron chi connectivity index (χ3n) is 3.35. The van der Waals surface area contributed by atoms with Gasteiger partial charge in [-0.2, -0.15) is 10.2 Å². The first-order chi connectivity index (χ1) is 10.1. The second kappa shape index (κ2) is 6.54. The van der Waals surface area contributed by atoms with Crippen LogP contribution < -0.4 is 9.47 Å². The van der Waals surface area contributed by atoms with Gasteiger partial charge in [-0.15, -0.1) is 0 Å². The molecule has 1 N–H and O–H groups in total. The van der Waals surface area contributed by atoms with Gasteiger partial charge in [-0.25, -0.2) is 0 Å². The van der Waals surface area contributed by atoms with E-state index in [2.05, 4.69) is 10.2 Å². The van der Waals surface area contributed by atoms with E-state index in [0.717, 1.165) is 17.0 Å². The van der Waals surface area contributed by atoms with Gasteiger partial charge >= 0.3 is 0 Å². The highest BCUT2D eigenvalue weighted by atomic mass is 16.5. The molecule has 0 bridgehead atoms. The molecule has 0 saturated carbocycles. The van der Waals surface area contributed by atoms with Crippen molar-refractivity contribution in [1.82, 2.24) is 10.2 Å². The number of aliphatic hydroxyl groups excluding tert-OH is 1. The zero-order valence-corrected chi connectivity index (χ0v) is 12.8. The minimum Gasteiger partial charge on any atom is -0.497 e. The van der Waals surface area contributed by atoms with Gasteiger partial charge in [-0.1, -0.05) is 6.92 Å². The summed E-state index contributed by atoms with van der Waals surface area (Å²) in [6, 6.07) is 7.22. The van der Waals surface area contributed by atoms with Crippen LogP contribution in [0, 0.1) is 6.92 Å². The number of rotatable bonds is 5. The molecule has 0 aliphatic rings. The molecule has 2 aromatic rings. The van der Waals surface area contributed by atoms with Crippen LogP contribution in [-0.2, 0) is 6.42 Å². The fourth-order valence-corrected chi connectivity index (χ4v) is 2.21. The molecule has 5 heteroatoms. The molecule has 112 valence electrons. The smallest absolute Gasteiger partial charge is 0.122 e. The Balaban J connectivity index is 2.48. The average Bonchev–Trinajstić information content (AvgIpc) is 2.53. The molecule has 1 atom stereocenters. The van der Waals surface area contributed by atoms with Gasteiger partial charge in [0.05, 0.1) is 25.6 Å². The first kappa shape index (κ1) is 15.3. The quantitative estimate of drug-likeness (QED) is 0.915. The van der Waals surface area contributed by atoms with Gasteiger partial charge in [0.15, 0.2) is 0 Å². The predicted octanol–water partition coefficient (Wildman–Crippen LogP) is 2.45. The lowest BCUT2D eigenvalue weighted by Gasteiger charge is -2.16. The van der Waals surface area contributed by atoms with Gasteiger partial charge in [0.1, 0.15) is 17.6 Å². The molecule has 1 aromatic heterocycles. The van der Waals surface area contributed by atoms with Crippen molar-refractivity contribution in [2.75, 3.05) is 14.2 Å².